The summed E-state index contributed by atoms with van der Waals surface area (Å²) in [6, 6.07) is 5.75. The smallest absolute Gasteiger partial charge is 0.329 e. The molecule has 0 aromatic heterocycles. The van der Waals surface area contributed by atoms with Crippen LogP contribution in [-0.2, 0) is 9.53 Å². The van der Waals surface area contributed by atoms with E-state index in [1.165, 1.54) is 0 Å². The quantitative estimate of drug-likeness (QED) is 0.616. The standard InChI is InChI=1S/C16H19NO4/c1-4-21-16(20)13(9-10(2)3)17-14(18)11-7-5-6-8-12(11)15(17)19/h5-8,10,13H,4,9H2,1-3H3. The molecule has 1 aliphatic rings. The molecular formula is C16H19NO4. The van der Waals surface area contributed by atoms with Crippen LogP contribution >= 0.6 is 0 Å². The van der Waals surface area contributed by atoms with Gasteiger partial charge in [0.2, 0.25) is 0 Å². The Labute approximate surface area is 123 Å². The highest BCUT2D eigenvalue weighted by Crippen LogP contribution is 2.27. The van der Waals surface area contributed by atoms with E-state index in [1.54, 1.807) is 31.2 Å². The number of benzene rings is 1. The van der Waals surface area contributed by atoms with Crippen molar-refractivity contribution < 1.29 is 19.1 Å². The van der Waals surface area contributed by atoms with Crippen LogP contribution in [0, 0.1) is 5.92 Å². The summed E-state index contributed by atoms with van der Waals surface area (Å²) < 4.78 is 5.03. The molecule has 2 amide bonds. The summed E-state index contributed by atoms with van der Waals surface area (Å²) in [7, 11) is 0. The fraction of sp³-hybridized carbons (Fsp3) is 0.438. The molecule has 21 heavy (non-hydrogen) atoms. The maximum atomic E-state index is 12.4. The van der Waals surface area contributed by atoms with Crippen LogP contribution in [-0.4, -0.2) is 35.3 Å². The van der Waals surface area contributed by atoms with E-state index in [0.717, 1.165) is 4.90 Å². The van der Waals surface area contributed by atoms with Gasteiger partial charge in [0, 0.05) is 0 Å². The summed E-state index contributed by atoms with van der Waals surface area (Å²) in [6.45, 7) is 5.79. The summed E-state index contributed by atoms with van der Waals surface area (Å²) in [5.41, 5.74) is 0.695. The minimum absolute atomic E-state index is 0.156. The van der Waals surface area contributed by atoms with Gasteiger partial charge in [0.1, 0.15) is 6.04 Å². The molecule has 0 saturated heterocycles. The molecule has 1 atom stereocenters. The minimum Gasteiger partial charge on any atom is -0.464 e. The summed E-state index contributed by atoms with van der Waals surface area (Å²) in [4.78, 5) is 38.1. The molecule has 0 radical (unpaired) electrons. The number of carbonyl (C=O) groups excluding carboxylic acids is 3. The first-order chi connectivity index (χ1) is 9.97. The van der Waals surface area contributed by atoms with Crippen molar-refractivity contribution in [3.63, 3.8) is 0 Å². The van der Waals surface area contributed by atoms with Crippen LogP contribution in [0.3, 0.4) is 0 Å². The molecule has 5 nitrogen and oxygen atoms in total. The third-order valence-electron chi connectivity index (χ3n) is 3.39. The second-order valence-electron chi connectivity index (χ2n) is 5.42. The zero-order valence-corrected chi connectivity index (χ0v) is 12.5. The fourth-order valence-corrected chi connectivity index (χ4v) is 2.48. The van der Waals surface area contributed by atoms with Gasteiger partial charge in [-0.1, -0.05) is 26.0 Å². The Kier molecular flexibility index (Phi) is 4.40. The van der Waals surface area contributed by atoms with Gasteiger partial charge in [-0.05, 0) is 31.4 Å². The van der Waals surface area contributed by atoms with Gasteiger partial charge in [0.15, 0.2) is 0 Å². The van der Waals surface area contributed by atoms with Crippen LogP contribution in [0.5, 0.6) is 0 Å². The topological polar surface area (TPSA) is 63.7 Å². The van der Waals surface area contributed by atoms with Crippen LogP contribution < -0.4 is 0 Å². The van der Waals surface area contributed by atoms with Crippen LogP contribution in [0.25, 0.3) is 0 Å². The highest BCUT2D eigenvalue weighted by Gasteiger charge is 2.43. The van der Waals surface area contributed by atoms with Crippen molar-refractivity contribution in [3.8, 4) is 0 Å². The molecular weight excluding hydrogens is 270 g/mol. The average molecular weight is 289 g/mol. The maximum Gasteiger partial charge on any atom is 0.329 e. The molecule has 0 spiro atoms. The molecule has 112 valence electrons. The van der Waals surface area contributed by atoms with E-state index >= 15 is 0 Å². The molecule has 1 aromatic rings. The molecule has 1 heterocycles. The van der Waals surface area contributed by atoms with Gasteiger partial charge in [-0.3, -0.25) is 14.5 Å². The third-order valence-corrected chi connectivity index (χ3v) is 3.39. The predicted molar refractivity (Wildman–Crippen MR) is 76.8 cm³/mol. The van der Waals surface area contributed by atoms with Crippen molar-refractivity contribution in [2.45, 2.75) is 33.2 Å². The first kappa shape index (κ1) is 15.2. The van der Waals surface area contributed by atoms with Gasteiger partial charge in [0.25, 0.3) is 11.8 Å². The first-order valence-corrected chi connectivity index (χ1v) is 7.10. The number of nitrogens with zero attached hydrogens (tertiary/aromatic N) is 1. The number of hydrogen-bond donors (Lipinski definition) is 0. The monoisotopic (exact) mass is 289 g/mol. The van der Waals surface area contributed by atoms with E-state index in [9.17, 15) is 14.4 Å². The SMILES string of the molecule is CCOC(=O)C(CC(C)C)N1C(=O)c2ccccc2C1=O. The second-order valence-corrected chi connectivity index (χ2v) is 5.42. The highest BCUT2D eigenvalue weighted by atomic mass is 16.5. The number of fused-ring (bicyclic) bond motifs is 1. The molecule has 0 aliphatic carbocycles. The Bertz CT molecular complexity index is 544. The number of imide groups is 1. The zero-order valence-electron chi connectivity index (χ0n) is 12.5. The lowest BCUT2D eigenvalue weighted by atomic mass is 10.0. The van der Waals surface area contributed by atoms with E-state index in [-0.39, 0.29) is 12.5 Å². The predicted octanol–water partition coefficient (Wildman–Crippen LogP) is 2.26. The Morgan fingerprint density at radius 3 is 2.10 bits per heavy atom. The summed E-state index contributed by atoms with van der Waals surface area (Å²) in [5, 5.41) is 0. The van der Waals surface area contributed by atoms with Gasteiger partial charge in [0.05, 0.1) is 17.7 Å². The van der Waals surface area contributed by atoms with Crippen molar-refractivity contribution in [1.82, 2.24) is 4.90 Å². The minimum atomic E-state index is -0.864. The number of rotatable bonds is 5. The highest BCUT2D eigenvalue weighted by molar-refractivity contribution is 6.22. The van der Waals surface area contributed by atoms with Crippen molar-refractivity contribution in [2.24, 2.45) is 5.92 Å². The van der Waals surface area contributed by atoms with E-state index in [0.29, 0.717) is 17.5 Å². The van der Waals surface area contributed by atoms with E-state index in [4.69, 9.17) is 4.74 Å². The van der Waals surface area contributed by atoms with Gasteiger partial charge in [-0.15, -0.1) is 0 Å². The average Bonchev–Trinajstić information content (AvgIpc) is 2.69. The lowest BCUT2D eigenvalue weighted by Gasteiger charge is -2.25. The van der Waals surface area contributed by atoms with Crippen LogP contribution in [0.2, 0.25) is 0 Å². The number of amides is 2. The molecule has 0 saturated carbocycles. The molecule has 1 unspecified atom stereocenters. The molecule has 0 bridgehead atoms. The van der Waals surface area contributed by atoms with Gasteiger partial charge >= 0.3 is 5.97 Å². The van der Waals surface area contributed by atoms with Crippen molar-refractivity contribution in [3.05, 3.63) is 35.4 Å². The Hall–Kier alpha value is -2.17. The first-order valence-electron chi connectivity index (χ1n) is 7.10. The molecule has 0 N–H and O–H groups in total. The Balaban J connectivity index is 2.36. The van der Waals surface area contributed by atoms with Crippen LogP contribution in [0.1, 0.15) is 47.9 Å². The summed E-state index contributed by atoms with van der Waals surface area (Å²) >= 11 is 0. The van der Waals surface area contributed by atoms with Crippen molar-refractivity contribution in [1.29, 1.82) is 0 Å². The molecule has 5 heteroatoms. The van der Waals surface area contributed by atoms with E-state index in [1.807, 2.05) is 13.8 Å². The van der Waals surface area contributed by atoms with E-state index < -0.39 is 23.8 Å². The largest absolute Gasteiger partial charge is 0.464 e. The van der Waals surface area contributed by atoms with Gasteiger partial charge < -0.3 is 4.74 Å². The fourth-order valence-electron chi connectivity index (χ4n) is 2.48. The normalized spacial score (nSPS) is 15.3. The second kappa shape index (κ2) is 6.08. The molecule has 0 fully saturated rings. The third kappa shape index (κ3) is 2.82. The lowest BCUT2D eigenvalue weighted by Crippen LogP contribution is -2.46. The number of ether oxygens (including phenoxy) is 1. The van der Waals surface area contributed by atoms with Gasteiger partial charge in [-0.2, -0.15) is 0 Å². The number of hydrogen-bond acceptors (Lipinski definition) is 4. The zero-order chi connectivity index (χ0) is 15.6. The number of carbonyl (C=O) groups is 3. The maximum absolute atomic E-state index is 12.4. The summed E-state index contributed by atoms with van der Waals surface area (Å²) in [6.07, 6.45) is 0.393. The Morgan fingerprint density at radius 2 is 1.67 bits per heavy atom. The number of esters is 1. The van der Waals surface area contributed by atoms with E-state index in [2.05, 4.69) is 0 Å². The van der Waals surface area contributed by atoms with Crippen molar-refractivity contribution in [2.75, 3.05) is 6.61 Å². The van der Waals surface area contributed by atoms with Crippen LogP contribution in [0.4, 0.5) is 0 Å². The molecule has 1 aromatic carbocycles. The van der Waals surface area contributed by atoms with Crippen molar-refractivity contribution >= 4 is 17.8 Å². The lowest BCUT2D eigenvalue weighted by molar-refractivity contribution is -0.148. The van der Waals surface area contributed by atoms with Gasteiger partial charge in [-0.25, -0.2) is 4.79 Å². The molecule has 2 rings (SSSR count). The molecule has 1 aliphatic heterocycles. The summed E-state index contributed by atoms with van der Waals surface area (Å²) in [5.74, 6) is -1.21. The van der Waals surface area contributed by atoms with Crippen LogP contribution in [0.15, 0.2) is 24.3 Å². The Morgan fingerprint density at radius 1 is 1.14 bits per heavy atom.